The van der Waals surface area contributed by atoms with Crippen LogP contribution in [0, 0.1) is 0 Å². The van der Waals surface area contributed by atoms with E-state index >= 15 is 0 Å². The minimum absolute atomic E-state index is 0.304. The standard InChI is InChI=1S/C21H24N4O3/c1-25-12-11-22-20(25)19(17-9-4-5-10-18(17)28-3)24-21(26)23-14-15-7-6-8-16(13-15)27-2/h4-13,19H,14H2,1-3H3,(H2,23,24,26). The predicted octanol–water partition coefficient (Wildman–Crippen LogP) is 3.03. The second-order valence-electron chi connectivity index (χ2n) is 6.25. The molecule has 1 aromatic heterocycles. The lowest BCUT2D eigenvalue weighted by molar-refractivity contribution is 0.237. The summed E-state index contributed by atoms with van der Waals surface area (Å²) < 4.78 is 12.6. The first kappa shape index (κ1) is 19.3. The van der Waals surface area contributed by atoms with Gasteiger partial charge >= 0.3 is 6.03 Å². The molecule has 3 aromatic rings. The molecule has 2 N–H and O–H groups in total. The Bertz CT molecular complexity index is 939. The molecule has 2 amide bonds. The Balaban J connectivity index is 1.78. The number of aromatic nitrogens is 2. The van der Waals surface area contributed by atoms with Crippen molar-refractivity contribution in [2.75, 3.05) is 14.2 Å². The van der Waals surface area contributed by atoms with Crippen LogP contribution in [0.25, 0.3) is 0 Å². The van der Waals surface area contributed by atoms with Crippen LogP contribution in [0.3, 0.4) is 0 Å². The van der Waals surface area contributed by atoms with Crippen LogP contribution in [0.2, 0.25) is 0 Å². The number of hydrogen-bond donors (Lipinski definition) is 2. The summed E-state index contributed by atoms with van der Waals surface area (Å²) in [5, 5.41) is 5.89. The molecular formula is C21H24N4O3. The molecule has 0 aliphatic heterocycles. The number of carbonyl (C=O) groups is 1. The Morgan fingerprint density at radius 2 is 1.96 bits per heavy atom. The Labute approximate surface area is 164 Å². The summed E-state index contributed by atoms with van der Waals surface area (Å²) in [7, 11) is 5.11. The molecule has 28 heavy (non-hydrogen) atoms. The van der Waals surface area contributed by atoms with E-state index in [2.05, 4.69) is 15.6 Å². The van der Waals surface area contributed by atoms with Gasteiger partial charge in [0, 0.05) is 31.5 Å². The highest BCUT2D eigenvalue weighted by atomic mass is 16.5. The van der Waals surface area contributed by atoms with Gasteiger partial charge in [-0.3, -0.25) is 0 Å². The molecule has 1 atom stereocenters. The van der Waals surface area contributed by atoms with E-state index in [9.17, 15) is 4.79 Å². The number of aryl methyl sites for hydroxylation is 1. The number of methoxy groups -OCH3 is 2. The summed E-state index contributed by atoms with van der Waals surface area (Å²) in [5.74, 6) is 2.14. The van der Waals surface area contributed by atoms with Gasteiger partial charge in [0.2, 0.25) is 0 Å². The zero-order valence-corrected chi connectivity index (χ0v) is 16.2. The van der Waals surface area contributed by atoms with E-state index in [0.717, 1.165) is 16.9 Å². The highest BCUT2D eigenvalue weighted by Crippen LogP contribution is 2.28. The molecule has 0 radical (unpaired) electrons. The van der Waals surface area contributed by atoms with Crippen molar-refractivity contribution in [1.82, 2.24) is 20.2 Å². The smallest absolute Gasteiger partial charge is 0.315 e. The maximum atomic E-state index is 12.6. The number of para-hydroxylation sites is 1. The molecule has 2 aromatic carbocycles. The molecule has 0 spiro atoms. The second-order valence-corrected chi connectivity index (χ2v) is 6.25. The van der Waals surface area contributed by atoms with Gasteiger partial charge < -0.3 is 24.7 Å². The van der Waals surface area contributed by atoms with Gasteiger partial charge in [-0.2, -0.15) is 0 Å². The van der Waals surface area contributed by atoms with Crippen LogP contribution in [0.5, 0.6) is 11.5 Å². The number of imidazole rings is 1. The maximum absolute atomic E-state index is 12.6. The summed E-state index contributed by atoms with van der Waals surface area (Å²) in [6.07, 6.45) is 3.54. The zero-order chi connectivity index (χ0) is 19.9. The fourth-order valence-corrected chi connectivity index (χ4v) is 2.99. The van der Waals surface area contributed by atoms with Crippen molar-refractivity contribution >= 4 is 6.03 Å². The monoisotopic (exact) mass is 380 g/mol. The highest BCUT2D eigenvalue weighted by molar-refractivity contribution is 5.75. The number of hydrogen-bond acceptors (Lipinski definition) is 4. The van der Waals surface area contributed by atoms with Gasteiger partial charge in [-0.15, -0.1) is 0 Å². The third-order valence-corrected chi connectivity index (χ3v) is 4.43. The Morgan fingerprint density at radius 3 is 2.68 bits per heavy atom. The summed E-state index contributed by atoms with van der Waals surface area (Å²) in [6, 6.07) is 14.4. The van der Waals surface area contributed by atoms with Crippen molar-refractivity contribution in [2.24, 2.45) is 7.05 Å². The first-order chi connectivity index (χ1) is 13.6. The van der Waals surface area contributed by atoms with E-state index in [0.29, 0.717) is 18.1 Å². The van der Waals surface area contributed by atoms with Crippen molar-refractivity contribution in [3.05, 3.63) is 77.9 Å². The SMILES string of the molecule is COc1cccc(CNC(=O)NC(c2ccccc2OC)c2nccn2C)c1. The van der Waals surface area contributed by atoms with E-state index in [4.69, 9.17) is 9.47 Å². The summed E-state index contributed by atoms with van der Waals surface area (Å²) in [6.45, 7) is 0.377. The molecule has 7 heteroatoms. The average molecular weight is 380 g/mol. The number of carbonyl (C=O) groups excluding carboxylic acids is 1. The number of amides is 2. The van der Waals surface area contributed by atoms with E-state index in [-0.39, 0.29) is 6.03 Å². The van der Waals surface area contributed by atoms with Crippen molar-refractivity contribution in [2.45, 2.75) is 12.6 Å². The van der Waals surface area contributed by atoms with Gasteiger partial charge in [0.1, 0.15) is 23.4 Å². The van der Waals surface area contributed by atoms with Crippen molar-refractivity contribution in [1.29, 1.82) is 0 Å². The van der Waals surface area contributed by atoms with Crippen LogP contribution < -0.4 is 20.1 Å². The molecule has 0 bridgehead atoms. The lowest BCUT2D eigenvalue weighted by Crippen LogP contribution is -2.39. The van der Waals surface area contributed by atoms with Crippen LogP contribution >= 0.6 is 0 Å². The largest absolute Gasteiger partial charge is 0.497 e. The van der Waals surface area contributed by atoms with Crippen LogP contribution in [0.1, 0.15) is 23.0 Å². The number of nitrogens with zero attached hydrogens (tertiary/aromatic N) is 2. The second kappa shape index (κ2) is 8.94. The van der Waals surface area contributed by atoms with E-state index < -0.39 is 6.04 Å². The molecule has 0 aliphatic rings. The molecule has 0 fully saturated rings. The average Bonchev–Trinajstić information content (AvgIpc) is 3.16. The Hall–Kier alpha value is -3.48. The number of ether oxygens (including phenoxy) is 2. The van der Waals surface area contributed by atoms with Gasteiger partial charge in [-0.25, -0.2) is 9.78 Å². The van der Waals surface area contributed by atoms with Gasteiger partial charge in [0.25, 0.3) is 0 Å². The number of nitrogens with one attached hydrogen (secondary N) is 2. The number of benzene rings is 2. The lowest BCUT2D eigenvalue weighted by atomic mass is 10.0. The molecule has 1 unspecified atom stereocenters. The van der Waals surface area contributed by atoms with Gasteiger partial charge in [-0.05, 0) is 23.8 Å². The zero-order valence-electron chi connectivity index (χ0n) is 16.2. The van der Waals surface area contributed by atoms with Crippen LogP contribution in [0.15, 0.2) is 60.9 Å². The van der Waals surface area contributed by atoms with E-state index in [1.807, 2.05) is 66.3 Å². The molecule has 3 rings (SSSR count). The van der Waals surface area contributed by atoms with Gasteiger partial charge in [-0.1, -0.05) is 30.3 Å². The predicted molar refractivity (Wildman–Crippen MR) is 106 cm³/mol. The first-order valence-electron chi connectivity index (χ1n) is 8.89. The molecule has 7 nitrogen and oxygen atoms in total. The topological polar surface area (TPSA) is 77.4 Å². The van der Waals surface area contributed by atoms with Crippen LogP contribution in [0.4, 0.5) is 4.79 Å². The van der Waals surface area contributed by atoms with Crippen molar-refractivity contribution < 1.29 is 14.3 Å². The maximum Gasteiger partial charge on any atom is 0.315 e. The highest BCUT2D eigenvalue weighted by Gasteiger charge is 2.23. The summed E-state index contributed by atoms with van der Waals surface area (Å²) in [4.78, 5) is 17.0. The van der Waals surface area contributed by atoms with Gasteiger partial charge in [0.15, 0.2) is 0 Å². The Morgan fingerprint density at radius 1 is 1.14 bits per heavy atom. The molecule has 0 saturated carbocycles. The Kier molecular flexibility index (Phi) is 6.16. The van der Waals surface area contributed by atoms with Crippen molar-refractivity contribution in [3.8, 4) is 11.5 Å². The first-order valence-corrected chi connectivity index (χ1v) is 8.89. The minimum Gasteiger partial charge on any atom is -0.497 e. The molecule has 1 heterocycles. The van der Waals surface area contributed by atoms with Crippen molar-refractivity contribution in [3.63, 3.8) is 0 Å². The minimum atomic E-state index is -0.457. The molecule has 146 valence electrons. The lowest BCUT2D eigenvalue weighted by Gasteiger charge is -2.21. The normalized spacial score (nSPS) is 11.5. The van der Waals surface area contributed by atoms with E-state index in [1.165, 1.54) is 0 Å². The fourth-order valence-electron chi connectivity index (χ4n) is 2.99. The van der Waals surface area contributed by atoms with Crippen LogP contribution in [-0.2, 0) is 13.6 Å². The van der Waals surface area contributed by atoms with Gasteiger partial charge in [0.05, 0.1) is 14.2 Å². The van der Waals surface area contributed by atoms with E-state index in [1.54, 1.807) is 20.4 Å². The molecular weight excluding hydrogens is 356 g/mol. The third kappa shape index (κ3) is 4.43. The third-order valence-electron chi connectivity index (χ3n) is 4.43. The quantitative estimate of drug-likeness (QED) is 0.661. The molecule has 0 saturated heterocycles. The fraction of sp³-hybridized carbons (Fsp3) is 0.238. The summed E-state index contributed by atoms with van der Waals surface area (Å²) >= 11 is 0. The summed E-state index contributed by atoms with van der Waals surface area (Å²) in [5.41, 5.74) is 1.77. The molecule has 0 aliphatic carbocycles. The number of urea groups is 1. The van der Waals surface area contributed by atoms with Crippen LogP contribution in [-0.4, -0.2) is 29.8 Å². The number of rotatable bonds is 7.